The van der Waals surface area contributed by atoms with E-state index in [0.717, 1.165) is 34.3 Å². The molecule has 3 aromatic rings. The number of para-hydroxylation sites is 1. The van der Waals surface area contributed by atoms with Gasteiger partial charge in [-0.2, -0.15) is 0 Å². The minimum atomic E-state index is -0.649. The van der Waals surface area contributed by atoms with Crippen LogP contribution in [0.3, 0.4) is 0 Å². The largest absolute Gasteiger partial charge is 0.491 e. The fourth-order valence-electron chi connectivity index (χ4n) is 3.15. The zero-order chi connectivity index (χ0) is 21.3. The molecular formula is C24H30N4O2. The van der Waals surface area contributed by atoms with E-state index in [2.05, 4.69) is 26.7 Å². The number of benzene rings is 2. The quantitative estimate of drug-likeness (QED) is 0.392. The molecule has 0 radical (unpaired) electrons. The Labute approximate surface area is 178 Å². The molecule has 0 amide bonds. The van der Waals surface area contributed by atoms with Crippen LogP contribution >= 0.6 is 0 Å². The zero-order valence-electron chi connectivity index (χ0n) is 17.8. The summed E-state index contributed by atoms with van der Waals surface area (Å²) in [6, 6.07) is 17.6. The molecule has 0 saturated carbocycles. The lowest BCUT2D eigenvalue weighted by Crippen LogP contribution is -2.39. The second-order valence-electron chi connectivity index (χ2n) is 7.31. The number of aliphatic hydroxyl groups is 1. The van der Waals surface area contributed by atoms with Crippen LogP contribution in [0.25, 0.3) is 10.9 Å². The van der Waals surface area contributed by atoms with Gasteiger partial charge in [0, 0.05) is 24.7 Å². The fraction of sp³-hybridized carbons (Fsp3) is 0.333. The zero-order valence-corrected chi connectivity index (χ0v) is 17.8. The predicted octanol–water partition coefficient (Wildman–Crippen LogP) is 3.81. The lowest BCUT2D eigenvalue weighted by atomic mass is 10.1. The normalized spacial score (nSPS) is 12.8. The topological polar surface area (TPSA) is 78.8 Å². The van der Waals surface area contributed by atoms with E-state index in [-0.39, 0.29) is 6.10 Å². The van der Waals surface area contributed by atoms with E-state index in [9.17, 15) is 5.11 Å². The lowest BCUT2D eigenvalue weighted by Gasteiger charge is -2.16. The number of fused-ring (bicyclic) bond motifs is 1. The van der Waals surface area contributed by atoms with Crippen LogP contribution < -0.4 is 15.4 Å². The number of nitrogens with zero attached hydrogens (tertiary/aromatic N) is 2. The third kappa shape index (κ3) is 5.94. The highest BCUT2D eigenvalue weighted by molar-refractivity contribution is 5.83. The maximum Gasteiger partial charge on any atom is 0.191 e. The maximum atomic E-state index is 10.5. The average molecular weight is 407 g/mol. The van der Waals surface area contributed by atoms with Crippen LogP contribution in [-0.2, 0) is 6.54 Å². The van der Waals surface area contributed by atoms with E-state index < -0.39 is 6.10 Å². The summed E-state index contributed by atoms with van der Waals surface area (Å²) in [7, 11) is 0. The van der Waals surface area contributed by atoms with Crippen molar-refractivity contribution in [2.75, 3.05) is 13.1 Å². The maximum absolute atomic E-state index is 10.5. The van der Waals surface area contributed by atoms with Crippen molar-refractivity contribution in [3.05, 3.63) is 71.9 Å². The van der Waals surface area contributed by atoms with E-state index in [0.29, 0.717) is 19.0 Å². The number of rotatable bonds is 8. The monoisotopic (exact) mass is 406 g/mol. The summed E-state index contributed by atoms with van der Waals surface area (Å²) in [4.78, 5) is 9.08. The number of hydrogen-bond donors (Lipinski definition) is 3. The Morgan fingerprint density at radius 1 is 1.07 bits per heavy atom. The molecule has 6 heteroatoms. The molecule has 0 spiro atoms. The minimum Gasteiger partial charge on any atom is -0.491 e. The Morgan fingerprint density at radius 3 is 2.57 bits per heavy atom. The van der Waals surface area contributed by atoms with Crippen LogP contribution in [0.1, 0.15) is 38.0 Å². The highest BCUT2D eigenvalue weighted by Gasteiger charge is 2.09. The molecule has 1 heterocycles. The first kappa shape index (κ1) is 21.6. The van der Waals surface area contributed by atoms with E-state index >= 15 is 0 Å². The van der Waals surface area contributed by atoms with E-state index in [1.165, 1.54) is 0 Å². The van der Waals surface area contributed by atoms with Crippen molar-refractivity contribution in [3.63, 3.8) is 0 Å². The number of aliphatic imine (C=N–C) groups is 1. The lowest BCUT2D eigenvalue weighted by molar-refractivity contribution is 0.180. The Bertz CT molecular complexity index is 965. The molecule has 3 N–H and O–H groups in total. The number of aromatic nitrogens is 1. The fourth-order valence-corrected chi connectivity index (χ4v) is 3.15. The van der Waals surface area contributed by atoms with Crippen molar-refractivity contribution in [1.29, 1.82) is 0 Å². The molecule has 2 aromatic carbocycles. The van der Waals surface area contributed by atoms with E-state index in [1.54, 1.807) is 0 Å². The van der Waals surface area contributed by atoms with Gasteiger partial charge < -0.3 is 20.5 Å². The Hall–Kier alpha value is -3.12. The highest BCUT2D eigenvalue weighted by Crippen LogP contribution is 2.19. The summed E-state index contributed by atoms with van der Waals surface area (Å²) in [5.41, 5.74) is 2.90. The number of hydrogen-bond acceptors (Lipinski definition) is 4. The summed E-state index contributed by atoms with van der Waals surface area (Å²) < 4.78 is 5.65. The third-order valence-electron chi connectivity index (χ3n) is 4.59. The highest BCUT2D eigenvalue weighted by atomic mass is 16.5. The first-order valence-electron chi connectivity index (χ1n) is 10.4. The van der Waals surface area contributed by atoms with Crippen molar-refractivity contribution in [3.8, 4) is 5.75 Å². The predicted molar refractivity (Wildman–Crippen MR) is 122 cm³/mol. The second-order valence-corrected chi connectivity index (χ2v) is 7.31. The van der Waals surface area contributed by atoms with Gasteiger partial charge in [-0.1, -0.05) is 30.3 Å². The van der Waals surface area contributed by atoms with Crippen molar-refractivity contribution in [2.24, 2.45) is 4.99 Å². The number of guanidine groups is 1. The van der Waals surface area contributed by atoms with Crippen LogP contribution in [0.2, 0.25) is 0 Å². The van der Waals surface area contributed by atoms with Gasteiger partial charge in [0.15, 0.2) is 5.96 Å². The molecule has 1 aromatic heterocycles. The summed E-state index contributed by atoms with van der Waals surface area (Å²) >= 11 is 0. The molecule has 158 valence electrons. The van der Waals surface area contributed by atoms with Gasteiger partial charge in [0.2, 0.25) is 0 Å². The third-order valence-corrected chi connectivity index (χ3v) is 4.59. The van der Waals surface area contributed by atoms with Gasteiger partial charge in [0.1, 0.15) is 5.75 Å². The summed E-state index contributed by atoms with van der Waals surface area (Å²) in [6.45, 7) is 7.61. The van der Waals surface area contributed by atoms with Crippen LogP contribution in [0.4, 0.5) is 0 Å². The average Bonchev–Trinajstić information content (AvgIpc) is 2.75. The SMILES string of the molecule is CCNC(=NCc1ccnc2ccccc12)NCC(O)c1ccc(OC(C)C)cc1. The summed E-state index contributed by atoms with van der Waals surface area (Å²) in [5, 5.41) is 18.1. The smallest absolute Gasteiger partial charge is 0.191 e. The van der Waals surface area contributed by atoms with Gasteiger partial charge in [0.05, 0.1) is 24.3 Å². The van der Waals surface area contributed by atoms with Gasteiger partial charge in [-0.15, -0.1) is 0 Å². The number of aliphatic hydroxyl groups excluding tert-OH is 1. The molecule has 0 bridgehead atoms. The van der Waals surface area contributed by atoms with Gasteiger partial charge in [-0.3, -0.25) is 4.98 Å². The van der Waals surface area contributed by atoms with Gasteiger partial charge in [-0.25, -0.2) is 4.99 Å². The minimum absolute atomic E-state index is 0.124. The van der Waals surface area contributed by atoms with Crippen LogP contribution in [-0.4, -0.2) is 35.2 Å². The molecule has 6 nitrogen and oxygen atoms in total. The first-order chi connectivity index (χ1) is 14.6. The number of nitrogens with one attached hydrogen (secondary N) is 2. The van der Waals surface area contributed by atoms with Crippen molar-refractivity contribution >= 4 is 16.9 Å². The molecule has 1 unspecified atom stereocenters. The van der Waals surface area contributed by atoms with Crippen LogP contribution in [0.5, 0.6) is 5.75 Å². The molecule has 0 fully saturated rings. The standard InChI is InChI=1S/C24H30N4O2/c1-4-25-24(27-15-19-13-14-26-22-8-6-5-7-21(19)22)28-16-23(29)18-9-11-20(12-10-18)30-17(2)3/h5-14,17,23,29H,4,15-16H2,1-3H3,(H2,25,27,28). The number of ether oxygens (including phenoxy) is 1. The molecule has 1 atom stereocenters. The molecule has 0 aliphatic rings. The van der Waals surface area contributed by atoms with E-state index in [4.69, 9.17) is 4.74 Å². The molecule has 0 aliphatic carbocycles. The number of pyridine rings is 1. The van der Waals surface area contributed by atoms with E-state index in [1.807, 2.05) is 75.5 Å². The Morgan fingerprint density at radius 2 is 1.83 bits per heavy atom. The first-order valence-corrected chi connectivity index (χ1v) is 10.4. The van der Waals surface area contributed by atoms with Crippen molar-refractivity contribution in [2.45, 2.75) is 39.5 Å². The van der Waals surface area contributed by atoms with Crippen molar-refractivity contribution < 1.29 is 9.84 Å². The van der Waals surface area contributed by atoms with Gasteiger partial charge in [0.25, 0.3) is 0 Å². The van der Waals surface area contributed by atoms with Gasteiger partial charge >= 0.3 is 0 Å². The van der Waals surface area contributed by atoms with Crippen LogP contribution in [0, 0.1) is 0 Å². The van der Waals surface area contributed by atoms with Gasteiger partial charge in [-0.05, 0) is 56.2 Å². The van der Waals surface area contributed by atoms with Crippen LogP contribution in [0.15, 0.2) is 65.8 Å². The van der Waals surface area contributed by atoms with Crippen molar-refractivity contribution in [1.82, 2.24) is 15.6 Å². The molecule has 0 saturated heterocycles. The Balaban J connectivity index is 1.63. The molecule has 30 heavy (non-hydrogen) atoms. The summed E-state index contributed by atoms with van der Waals surface area (Å²) in [6.07, 6.45) is 1.28. The summed E-state index contributed by atoms with van der Waals surface area (Å²) in [5.74, 6) is 1.46. The second kappa shape index (κ2) is 10.6. The molecule has 0 aliphatic heterocycles. The molecule has 3 rings (SSSR count). The Kier molecular flexibility index (Phi) is 7.63. The molecular weight excluding hydrogens is 376 g/mol.